The van der Waals surface area contributed by atoms with Gasteiger partial charge in [-0.3, -0.25) is 9.48 Å². The maximum Gasteiger partial charge on any atom is 0.255 e. The zero-order valence-electron chi connectivity index (χ0n) is 20.1. The van der Waals surface area contributed by atoms with Crippen molar-refractivity contribution in [2.24, 2.45) is 7.05 Å². The molecule has 6 nitrogen and oxygen atoms in total. The number of benzene rings is 2. The van der Waals surface area contributed by atoms with E-state index in [9.17, 15) is 4.79 Å². The summed E-state index contributed by atoms with van der Waals surface area (Å²) in [5, 5.41) is 10.7. The third-order valence-corrected chi connectivity index (χ3v) is 6.24. The van der Waals surface area contributed by atoms with E-state index in [0.29, 0.717) is 5.56 Å². The maximum absolute atomic E-state index is 12.8. The molecule has 0 radical (unpaired) electrons. The number of hydrogen-bond acceptors (Lipinski definition) is 4. The molecule has 6 heteroatoms. The van der Waals surface area contributed by atoms with Gasteiger partial charge in [0, 0.05) is 29.6 Å². The van der Waals surface area contributed by atoms with Gasteiger partial charge in [-0.15, -0.1) is 0 Å². The minimum absolute atomic E-state index is 0.151. The Hall–Kier alpha value is -3.64. The van der Waals surface area contributed by atoms with Crippen LogP contribution in [0.15, 0.2) is 60.9 Å². The zero-order chi connectivity index (χ0) is 24.1. The molecule has 0 bridgehead atoms. The molecule has 3 aromatic rings. The van der Waals surface area contributed by atoms with E-state index < -0.39 is 0 Å². The first-order chi connectivity index (χ1) is 16.4. The molecule has 176 valence electrons. The average Bonchev–Trinajstić information content (AvgIpc) is 3.18. The minimum Gasteiger partial charge on any atom is -0.490 e. The lowest BCUT2D eigenvalue weighted by Crippen LogP contribution is -2.34. The van der Waals surface area contributed by atoms with Crippen LogP contribution in [0.1, 0.15) is 46.9 Å². The molecule has 1 fully saturated rings. The Balaban J connectivity index is 1.47. The Morgan fingerprint density at radius 2 is 1.91 bits per heavy atom. The Kier molecular flexibility index (Phi) is 7.28. The second-order valence-corrected chi connectivity index (χ2v) is 8.69. The average molecular weight is 457 g/mol. The highest BCUT2D eigenvalue weighted by molar-refractivity contribution is 5.96. The van der Waals surface area contributed by atoms with Crippen molar-refractivity contribution < 1.29 is 9.53 Å². The lowest BCUT2D eigenvalue weighted by molar-refractivity contribution is 0.0966. The van der Waals surface area contributed by atoms with Crippen molar-refractivity contribution in [3.05, 3.63) is 83.3 Å². The number of hydrogen-bond donors (Lipinski definition) is 2. The number of rotatable bonds is 7. The van der Waals surface area contributed by atoms with Gasteiger partial charge < -0.3 is 15.4 Å². The lowest BCUT2D eigenvalue weighted by Gasteiger charge is -2.23. The Labute approximate surface area is 201 Å². The van der Waals surface area contributed by atoms with Gasteiger partial charge in [0.2, 0.25) is 0 Å². The van der Waals surface area contributed by atoms with Crippen LogP contribution < -0.4 is 15.4 Å². The first kappa shape index (κ1) is 23.5. The molecule has 0 aliphatic carbocycles. The van der Waals surface area contributed by atoms with Gasteiger partial charge in [-0.2, -0.15) is 5.10 Å². The molecule has 2 N–H and O–H groups in total. The van der Waals surface area contributed by atoms with Gasteiger partial charge in [-0.1, -0.05) is 24.8 Å². The van der Waals surface area contributed by atoms with Crippen LogP contribution in [0.5, 0.6) is 5.75 Å². The minimum atomic E-state index is -0.151. The van der Waals surface area contributed by atoms with Gasteiger partial charge in [-0.25, -0.2) is 0 Å². The van der Waals surface area contributed by atoms with Gasteiger partial charge in [0.1, 0.15) is 11.9 Å². The summed E-state index contributed by atoms with van der Waals surface area (Å²) < 4.78 is 7.90. The number of carbonyl (C=O) groups excluding carboxylic acids is 1. The molecule has 0 spiro atoms. The van der Waals surface area contributed by atoms with Crippen molar-refractivity contribution in [2.75, 3.05) is 13.1 Å². The Morgan fingerprint density at radius 1 is 1.18 bits per heavy atom. The third-order valence-electron chi connectivity index (χ3n) is 6.24. The second-order valence-electron chi connectivity index (χ2n) is 8.69. The number of nitrogens with zero attached hydrogens (tertiary/aromatic N) is 2. The first-order valence-corrected chi connectivity index (χ1v) is 11.7. The largest absolute Gasteiger partial charge is 0.490 e. The highest BCUT2D eigenvalue weighted by atomic mass is 16.5. The molecule has 2 aromatic carbocycles. The predicted molar refractivity (Wildman–Crippen MR) is 138 cm³/mol. The molecule has 2 heterocycles. The predicted octanol–water partition coefficient (Wildman–Crippen LogP) is 4.96. The van der Waals surface area contributed by atoms with Gasteiger partial charge >= 0.3 is 0 Å². The summed E-state index contributed by atoms with van der Waals surface area (Å²) in [5.41, 5.74) is 6.58. The summed E-state index contributed by atoms with van der Waals surface area (Å²) in [4.78, 5) is 12.8. The van der Waals surface area contributed by atoms with Gasteiger partial charge in [-0.05, 0) is 92.9 Å². The first-order valence-electron chi connectivity index (χ1n) is 11.7. The number of piperidine rings is 1. The fourth-order valence-corrected chi connectivity index (χ4v) is 4.15. The summed E-state index contributed by atoms with van der Waals surface area (Å²) in [6.45, 7) is 9.83. The molecule has 1 amide bonds. The molecular formula is C28H32N4O2. The summed E-state index contributed by atoms with van der Waals surface area (Å²) in [6, 6.07) is 13.6. The highest BCUT2D eigenvalue weighted by Gasteiger charge is 2.15. The van der Waals surface area contributed by atoms with Crippen LogP contribution >= 0.6 is 0 Å². The molecule has 1 aromatic heterocycles. The monoisotopic (exact) mass is 456 g/mol. The Bertz CT molecular complexity index is 1200. The van der Waals surface area contributed by atoms with E-state index >= 15 is 0 Å². The summed E-state index contributed by atoms with van der Waals surface area (Å²) in [7, 11) is 1.93. The standard InChI is InChI=1S/C28H32N4O2/c1-5-21-6-7-23(27-18-30-32(4)20(27)3)17-24(21)16-19(2)31-28(33)22-8-10-25(11-9-22)34-26-12-14-29-15-13-26/h5-11,16-18,26,29H,1,12-15H2,2-4H3,(H,31,33)/b19-16+. The van der Waals surface area contributed by atoms with E-state index in [0.717, 1.165) is 65.3 Å². The molecule has 1 saturated heterocycles. The van der Waals surface area contributed by atoms with Crippen molar-refractivity contribution in [1.29, 1.82) is 0 Å². The lowest BCUT2D eigenvalue weighted by atomic mass is 9.99. The topological polar surface area (TPSA) is 68.2 Å². The fraction of sp³-hybridized carbons (Fsp3) is 0.286. The molecule has 4 rings (SSSR count). The van der Waals surface area contributed by atoms with Crippen molar-refractivity contribution in [1.82, 2.24) is 20.4 Å². The quantitative estimate of drug-likeness (QED) is 0.527. The van der Waals surface area contributed by atoms with Crippen LogP contribution in [-0.4, -0.2) is 34.9 Å². The number of aryl methyl sites for hydroxylation is 1. The van der Waals surface area contributed by atoms with Gasteiger partial charge in [0.15, 0.2) is 0 Å². The number of carbonyl (C=O) groups is 1. The second kappa shape index (κ2) is 10.5. The zero-order valence-corrected chi connectivity index (χ0v) is 20.1. The Morgan fingerprint density at radius 3 is 2.56 bits per heavy atom. The van der Waals surface area contributed by atoms with Crippen LogP contribution in [-0.2, 0) is 7.05 Å². The van der Waals surface area contributed by atoms with Crippen LogP contribution in [0.3, 0.4) is 0 Å². The maximum atomic E-state index is 12.8. The molecule has 0 saturated carbocycles. The molecule has 34 heavy (non-hydrogen) atoms. The summed E-state index contributed by atoms with van der Waals surface area (Å²) in [6.07, 6.45) is 7.90. The van der Waals surface area contributed by atoms with E-state index in [1.54, 1.807) is 12.1 Å². The third kappa shape index (κ3) is 5.46. The normalized spacial score (nSPS) is 14.6. The van der Waals surface area contributed by atoms with E-state index in [1.165, 1.54) is 0 Å². The van der Waals surface area contributed by atoms with E-state index in [1.807, 2.05) is 62.1 Å². The summed E-state index contributed by atoms with van der Waals surface area (Å²) in [5.74, 6) is 0.649. The molecule has 1 aliphatic rings. The van der Waals surface area contributed by atoms with E-state index in [2.05, 4.69) is 34.4 Å². The number of allylic oxidation sites excluding steroid dienone is 1. The number of nitrogens with one attached hydrogen (secondary N) is 2. The van der Waals surface area contributed by atoms with Crippen LogP contribution in [0.25, 0.3) is 23.3 Å². The SMILES string of the molecule is C=Cc1ccc(-c2cnn(C)c2C)cc1/C=C(\C)NC(=O)c1ccc(OC2CCNCC2)cc1. The van der Waals surface area contributed by atoms with Crippen molar-refractivity contribution in [3.63, 3.8) is 0 Å². The van der Waals surface area contributed by atoms with Crippen LogP contribution in [0, 0.1) is 6.92 Å². The molecule has 1 aliphatic heterocycles. The number of aromatic nitrogens is 2. The van der Waals surface area contributed by atoms with Crippen molar-refractivity contribution in [2.45, 2.75) is 32.8 Å². The molecular weight excluding hydrogens is 424 g/mol. The number of amides is 1. The van der Waals surface area contributed by atoms with Crippen LogP contribution in [0.2, 0.25) is 0 Å². The highest BCUT2D eigenvalue weighted by Crippen LogP contribution is 2.27. The summed E-state index contributed by atoms with van der Waals surface area (Å²) >= 11 is 0. The van der Waals surface area contributed by atoms with Gasteiger partial charge in [0.25, 0.3) is 5.91 Å². The molecule has 0 unspecified atom stereocenters. The fourth-order valence-electron chi connectivity index (χ4n) is 4.15. The van der Waals surface area contributed by atoms with E-state index in [4.69, 9.17) is 4.74 Å². The van der Waals surface area contributed by atoms with E-state index in [-0.39, 0.29) is 12.0 Å². The van der Waals surface area contributed by atoms with Gasteiger partial charge in [0.05, 0.1) is 6.20 Å². The smallest absolute Gasteiger partial charge is 0.255 e. The van der Waals surface area contributed by atoms with Crippen molar-refractivity contribution >= 4 is 18.1 Å². The number of ether oxygens (including phenoxy) is 1. The van der Waals surface area contributed by atoms with Crippen molar-refractivity contribution in [3.8, 4) is 16.9 Å². The molecule has 0 atom stereocenters. The van der Waals surface area contributed by atoms with Crippen LogP contribution in [0.4, 0.5) is 0 Å².